The third kappa shape index (κ3) is 2.44. The second kappa shape index (κ2) is 5.88. The Morgan fingerprint density at radius 1 is 1.25 bits per heavy atom. The molecular weight excluding hydrogens is 282 g/mol. The fraction of sp³-hybridized carbons (Fsp3) is 0.214. The van der Waals surface area contributed by atoms with Gasteiger partial charge in [0.25, 0.3) is 0 Å². The first-order chi connectivity index (χ1) is 9.60. The standard InChI is InChI=1S/C14H12ClNO4/c1-3-20-14(18)10-7-16-12-8(11(10)15)5-4-6-9(12)13(17)19-2/h4-7H,3H2,1-2H3. The fourth-order valence-electron chi connectivity index (χ4n) is 1.82. The molecule has 104 valence electrons. The van der Waals surface area contributed by atoms with Gasteiger partial charge in [0, 0.05) is 11.6 Å². The first kappa shape index (κ1) is 14.3. The molecule has 0 aliphatic carbocycles. The van der Waals surface area contributed by atoms with E-state index in [4.69, 9.17) is 16.3 Å². The van der Waals surface area contributed by atoms with Gasteiger partial charge in [0.1, 0.15) is 0 Å². The van der Waals surface area contributed by atoms with Crippen LogP contribution in [0.5, 0.6) is 0 Å². The molecule has 0 atom stereocenters. The Kier molecular flexibility index (Phi) is 4.20. The number of nitrogens with zero attached hydrogens (tertiary/aromatic N) is 1. The molecular formula is C14H12ClNO4. The smallest absolute Gasteiger partial charge is 0.341 e. The molecule has 1 aromatic carbocycles. The third-order valence-electron chi connectivity index (χ3n) is 2.73. The average molecular weight is 294 g/mol. The van der Waals surface area contributed by atoms with Crippen LogP contribution in [0, 0.1) is 0 Å². The van der Waals surface area contributed by atoms with Crippen molar-refractivity contribution in [2.24, 2.45) is 0 Å². The Morgan fingerprint density at radius 2 is 2.00 bits per heavy atom. The van der Waals surface area contributed by atoms with Crippen molar-refractivity contribution in [1.82, 2.24) is 4.98 Å². The zero-order valence-corrected chi connectivity index (χ0v) is 11.7. The molecule has 0 aliphatic heterocycles. The maximum absolute atomic E-state index is 11.7. The number of fused-ring (bicyclic) bond motifs is 1. The summed E-state index contributed by atoms with van der Waals surface area (Å²) in [4.78, 5) is 27.5. The zero-order chi connectivity index (χ0) is 14.7. The van der Waals surface area contributed by atoms with Crippen LogP contribution in [0.4, 0.5) is 0 Å². The Labute approximate surface area is 120 Å². The lowest BCUT2D eigenvalue weighted by molar-refractivity contribution is 0.0525. The highest BCUT2D eigenvalue weighted by Gasteiger charge is 2.18. The SMILES string of the molecule is CCOC(=O)c1cnc2c(C(=O)OC)cccc2c1Cl. The Hall–Kier alpha value is -2.14. The van der Waals surface area contributed by atoms with Gasteiger partial charge in [0.05, 0.1) is 35.4 Å². The Morgan fingerprint density at radius 3 is 2.65 bits per heavy atom. The molecule has 0 spiro atoms. The van der Waals surface area contributed by atoms with Crippen molar-refractivity contribution in [3.05, 3.63) is 40.5 Å². The van der Waals surface area contributed by atoms with Gasteiger partial charge in [-0.2, -0.15) is 0 Å². The topological polar surface area (TPSA) is 65.5 Å². The van der Waals surface area contributed by atoms with Crippen molar-refractivity contribution in [1.29, 1.82) is 0 Å². The van der Waals surface area contributed by atoms with Crippen molar-refractivity contribution < 1.29 is 19.1 Å². The molecule has 0 saturated heterocycles. The minimum Gasteiger partial charge on any atom is -0.465 e. The third-order valence-corrected chi connectivity index (χ3v) is 3.14. The summed E-state index contributed by atoms with van der Waals surface area (Å²) >= 11 is 6.20. The van der Waals surface area contributed by atoms with Crippen LogP contribution in [-0.4, -0.2) is 30.6 Å². The largest absolute Gasteiger partial charge is 0.465 e. The molecule has 20 heavy (non-hydrogen) atoms. The monoisotopic (exact) mass is 293 g/mol. The van der Waals surface area contributed by atoms with Crippen molar-refractivity contribution >= 4 is 34.4 Å². The summed E-state index contributed by atoms with van der Waals surface area (Å²) < 4.78 is 9.59. The number of ether oxygens (including phenoxy) is 2. The van der Waals surface area contributed by atoms with Crippen molar-refractivity contribution in [2.45, 2.75) is 6.92 Å². The first-order valence-corrected chi connectivity index (χ1v) is 6.30. The van der Waals surface area contributed by atoms with E-state index in [1.54, 1.807) is 25.1 Å². The van der Waals surface area contributed by atoms with E-state index in [0.717, 1.165) is 0 Å². The number of halogens is 1. The normalized spacial score (nSPS) is 10.3. The molecule has 0 amide bonds. The van der Waals surface area contributed by atoms with Gasteiger partial charge in [0.2, 0.25) is 0 Å². The summed E-state index contributed by atoms with van der Waals surface area (Å²) in [5.41, 5.74) is 0.850. The summed E-state index contributed by atoms with van der Waals surface area (Å²) in [6, 6.07) is 4.92. The van der Waals surface area contributed by atoms with Crippen molar-refractivity contribution in [3.8, 4) is 0 Å². The summed E-state index contributed by atoms with van der Waals surface area (Å²) in [7, 11) is 1.29. The highest BCUT2D eigenvalue weighted by atomic mass is 35.5. The highest BCUT2D eigenvalue weighted by molar-refractivity contribution is 6.38. The predicted octanol–water partition coefficient (Wildman–Crippen LogP) is 2.85. The fourth-order valence-corrected chi connectivity index (χ4v) is 2.09. The van der Waals surface area contributed by atoms with E-state index in [0.29, 0.717) is 16.5 Å². The van der Waals surface area contributed by atoms with E-state index in [9.17, 15) is 9.59 Å². The Bertz CT molecular complexity index is 684. The predicted molar refractivity (Wildman–Crippen MR) is 74.0 cm³/mol. The molecule has 0 fully saturated rings. The van der Waals surface area contributed by atoms with Gasteiger partial charge in [0.15, 0.2) is 0 Å². The number of esters is 2. The van der Waals surface area contributed by atoms with E-state index < -0.39 is 11.9 Å². The van der Waals surface area contributed by atoms with Gasteiger partial charge in [-0.3, -0.25) is 4.98 Å². The van der Waals surface area contributed by atoms with Crippen LogP contribution in [0.25, 0.3) is 10.9 Å². The number of carbonyl (C=O) groups is 2. The number of carbonyl (C=O) groups excluding carboxylic acids is 2. The average Bonchev–Trinajstić information content (AvgIpc) is 2.46. The first-order valence-electron chi connectivity index (χ1n) is 5.92. The molecule has 0 bridgehead atoms. The summed E-state index contributed by atoms with van der Waals surface area (Å²) in [6.45, 7) is 1.95. The highest BCUT2D eigenvalue weighted by Crippen LogP contribution is 2.28. The molecule has 0 saturated carbocycles. The van der Waals surface area contributed by atoms with Crippen LogP contribution in [0.2, 0.25) is 5.02 Å². The van der Waals surface area contributed by atoms with Gasteiger partial charge in [-0.25, -0.2) is 9.59 Å². The zero-order valence-electron chi connectivity index (χ0n) is 11.0. The maximum Gasteiger partial charge on any atom is 0.341 e. The maximum atomic E-state index is 11.7. The van der Waals surface area contributed by atoms with Gasteiger partial charge >= 0.3 is 11.9 Å². The van der Waals surface area contributed by atoms with E-state index in [2.05, 4.69) is 9.72 Å². The van der Waals surface area contributed by atoms with E-state index in [1.165, 1.54) is 13.3 Å². The van der Waals surface area contributed by atoms with Crippen molar-refractivity contribution in [2.75, 3.05) is 13.7 Å². The molecule has 0 N–H and O–H groups in total. The second-order valence-electron chi connectivity index (χ2n) is 3.90. The van der Waals surface area contributed by atoms with Crippen LogP contribution < -0.4 is 0 Å². The van der Waals surface area contributed by atoms with Gasteiger partial charge in [-0.1, -0.05) is 23.7 Å². The number of pyridine rings is 1. The quantitative estimate of drug-likeness (QED) is 0.814. The summed E-state index contributed by atoms with van der Waals surface area (Å²) in [6.07, 6.45) is 1.30. The van der Waals surface area contributed by atoms with Crippen LogP contribution in [0.3, 0.4) is 0 Å². The van der Waals surface area contributed by atoms with E-state index >= 15 is 0 Å². The van der Waals surface area contributed by atoms with Gasteiger partial charge < -0.3 is 9.47 Å². The number of aromatic nitrogens is 1. The van der Waals surface area contributed by atoms with Crippen LogP contribution in [-0.2, 0) is 9.47 Å². The molecule has 1 heterocycles. The second-order valence-corrected chi connectivity index (χ2v) is 4.28. The van der Waals surface area contributed by atoms with Crippen LogP contribution in [0.1, 0.15) is 27.6 Å². The molecule has 0 radical (unpaired) electrons. The van der Waals surface area contributed by atoms with Gasteiger partial charge in [-0.05, 0) is 13.0 Å². The minimum absolute atomic E-state index is 0.169. The lowest BCUT2D eigenvalue weighted by atomic mass is 10.1. The van der Waals surface area contributed by atoms with E-state index in [-0.39, 0.29) is 17.2 Å². The number of methoxy groups -OCH3 is 1. The number of hydrogen-bond donors (Lipinski definition) is 0. The molecule has 6 heteroatoms. The van der Waals surface area contributed by atoms with Crippen LogP contribution in [0.15, 0.2) is 24.4 Å². The Balaban J connectivity index is 2.63. The van der Waals surface area contributed by atoms with Crippen molar-refractivity contribution in [3.63, 3.8) is 0 Å². The van der Waals surface area contributed by atoms with E-state index in [1.807, 2.05) is 0 Å². The molecule has 1 aromatic heterocycles. The molecule has 2 rings (SSSR count). The molecule has 0 aliphatic rings. The lowest BCUT2D eigenvalue weighted by Crippen LogP contribution is -2.08. The van der Waals surface area contributed by atoms with Crippen LogP contribution >= 0.6 is 11.6 Å². The number of hydrogen-bond acceptors (Lipinski definition) is 5. The summed E-state index contributed by atoms with van der Waals surface area (Å²) in [5, 5.41) is 0.708. The number of benzene rings is 1. The minimum atomic E-state index is -0.546. The lowest BCUT2D eigenvalue weighted by Gasteiger charge is -2.08. The number of para-hydroxylation sites is 1. The number of rotatable bonds is 3. The molecule has 0 unspecified atom stereocenters. The molecule has 5 nitrogen and oxygen atoms in total. The van der Waals surface area contributed by atoms with Gasteiger partial charge in [-0.15, -0.1) is 0 Å². The molecule has 2 aromatic rings. The summed E-state index contributed by atoms with van der Waals surface area (Å²) in [5.74, 6) is -1.06.